The van der Waals surface area contributed by atoms with Crippen molar-refractivity contribution in [1.82, 2.24) is 15.1 Å². The van der Waals surface area contributed by atoms with E-state index in [2.05, 4.69) is 28.1 Å². The first-order valence-corrected chi connectivity index (χ1v) is 6.08. The highest BCUT2D eigenvalue weighted by atomic mass is 15.3. The van der Waals surface area contributed by atoms with Crippen LogP contribution in [0.15, 0.2) is 12.3 Å². The molecule has 0 unspecified atom stereocenters. The average molecular weight is 205 g/mol. The summed E-state index contributed by atoms with van der Waals surface area (Å²) < 4.78 is 2.16. The molecule has 1 atom stereocenters. The fourth-order valence-electron chi connectivity index (χ4n) is 3.28. The van der Waals surface area contributed by atoms with Gasteiger partial charge in [0.1, 0.15) is 0 Å². The number of aromatic nitrogens is 2. The van der Waals surface area contributed by atoms with Crippen LogP contribution in [-0.2, 0) is 6.54 Å². The Labute approximate surface area is 90.9 Å². The maximum Gasteiger partial charge on any atom is 0.0492 e. The van der Waals surface area contributed by atoms with E-state index in [9.17, 15) is 0 Å². The molecule has 2 fully saturated rings. The van der Waals surface area contributed by atoms with Crippen LogP contribution in [0.5, 0.6) is 0 Å². The number of hydrogen-bond acceptors (Lipinski definition) is 2. The van der Waals surface area contributed by atoms with E-state index in [1.54, 1.807) is 0 Å². The van der Waals surface area contributed by atoms with Crippen LogP contribution in [0.1, 0.15) is 37.8 Å². The van der Waals surface area contributed by atoms with Crippen molar-refractivity contribution in [3.8, 4) is 0 Å². The van der Waals surface area contributed by atoms with Crippen LogP contribution in [0.3, 0.4) is 0 Å². The molecular weight excluding hydrogens is 186 g/mol. The van der Waals surface area contributed by atoms with Crippen molar-refractivity contribution in [2.24, 2.45) is 5.41 Å². The second-order valence-corrected chi connectivity index (χ2v) is 4.97. The van der Waals surface area contributed by atoms with Gasteiger partial charge in [0, 0.05) is 37.4 Å². The number of rotatable bonds is 2. The first kappa shape index (κ1) is 9.40. The van der Waals surface area contributed by atoms with Crippen molar-refractivity contribution in [1.29, 1.82) is 0 Å². The van der Waals surface area contributed by atoms with E-state index >= 15 is 0 Å². The molecule has 82 valence electrons. The Morgan fingerprint density at radius 2 is 2.47 bits per heavy atom. The predicted molar refractivity (Wildman–Crippen MR) is 59.8 cm³/mol. The highest BCUT2D eigenvalue weighted by Crippen LogP contribution is 2.53. The van der Waals surface area contributed by atoms with Crippen molar-refractivity contribution in [3.63, 3.8) is 0 Å². The molecule has 15 heavy (non-hydrogen) atoms. The Kier molecular flexibility index (Phi) is 2.09. The molecular formula is C12H19N3. The maximum atomic E-state index is 4.39. The molecule has 3 heteroatoms. The van der Waals surface area contributed by atoms with Gasteiger partial charge in [0.2, 0.25) is 0 Å². The molecule has 0 aromatic carbocycles. The van der Waals surface area contributed by atoms with Crippen molar-refractivity contribution < 1.29 is 0 Å². The molecule has 1 aliphatic carbocycles. The van der Waals surface area contributed by atoms with Crippen molar-refractivity contribution in [3.05, 3.63) is 18.0 Å². The van der Waals surface area contributed by atoms with Gasteiger partial charge in [-0.05, 0) is 31.2 Å². The summed E-state index contributed by atoms with van der Waals surface area (Å²) >= 11 is 0. The van der Waals surface area contributed by atoms with E-state index in [0.717, 1.165) is 13.1 Å². The Balaban J connectivity index is 1.93. The lowest BCUT2D eigenvalue weighted by Gasteiger charge is -2.42. The summed E-state index contributed by atoms with van der Waals surface area (Å²) in [6.45, 7) is 5.53. The zero-order chi connectivity index (χ0) is 10.3. The van der Waals surface area contributed by atoms with Gasteiger partial charge in [0.05, 0.1) is 0 Å². The monoisotopic (exact) mass is 205 g/mol. The van der Waals surface area contributed by atoms with Gasteiger partial charge in [-0.25, -0.2) is 0 Å². The van der Waals surface area contributed by atoms with Crippen molar-refractivity contribution in [2.75, 3.05) is 13.1 Å². The van der Waals surface area contributed by atoms with Crippen LogP contribution in [-0.4, -0.2) is 22.9 Å². The lowest BCUT2D eigenvalue weighted by Crippen LogP contribution is -2.36. The summed E-state index contributed by atoms with van der Waals surface area (Å²) in [5, 5.41) is 7.96. The number of hydrogen-bond donors (Lipinski definition) is 1. The first-order valence-electron chi connectivity index (χ1n) is 6.08. The molecule has 1 aromatic rings. The number of nitrogens with zero attached hydrogens (tertiary/aromatic N) is 2. The summed E-state index contributed by atoms with van der Waals surface area (Å²) in [7, 11) is 0. The number of nitrogens with one attached hydrogen (secondary N) is 1. The largest absolute Gasteiger partial charge is 0.315 e. The molecule has 1 aromatic heterocycles. The van der Waals surface area contributed by atoms with Gasteiger partial charge < -0.3 is 5.32 Å². The van der Waals surface area contributed by atoms with E-state index in [0.29, 0.717) is 11.3 Å². The zero-order valence-corrected chi connectivity index (χ0v) is 9.37. The normalized spacial score (nSPS) is 28.2. The molecule has 1 N–H and O–H groups in total. The van der Waals surface area contributed by atoms with Crippen LogP contribution < -0.4 is 5.32 Å². The van der Waals surface area contributed by atoms with Crippen molar-refractivity contribution in [2.45, 2.75) is 38.6 Å². The second-order valence-electron chi connectivity index (χ2n) is 4.97. The molecule has 1 saturated heterocycles. The predicted octanol–water partition coefficient (Wildman–Crippen LogP) is 1.76. The van der Waals surface area contributed by atoms with E-state index in [1.807, 2.05) is 6.20 Å². The van der Waals surface area contributed by atoms with E-state index in [-0.39, 0.29) is 0 Å². The fourth-order valence-corrected chi connectivity index (χ4v) is 3.28. The quantitative estimate of drug-likeness (QED) is 0.797. The SMILES string of the molecule is CCn1nccc1[C@H]1CNCC12CCC2. The molecule has 0 bridgehead atoms. The van der Waals surface area contributed by atoms with Crippen LogP contribution in [0.25, 0.3) is 0 Å². The van der Waals surface area contributed by atoms with Gasteiger partial charge in [-0.15, -0.1) is 0 Å². The van der Waals surface area contributed by atoms with Gasteiger partial charge in [0.25, 0.3) is 0 Å². The Bertz CT molecular complexity index is 352. The summed E-state index contributed by atoms with van der Waals surface area (Å²) in [6, 6.07) is 2.21. The minimum absolute atomic E-state index is 0.576. The highest BCUT2D eigenvalue weighted by molar-refractivity contribution is 5.19. The molecule has 3 rings (SSSR count). The third-order valence-electron chi connectivity index (χ3n) is 4.32. The molecule has 2 heterocycles. The number of aryl methyl sites for hydroxylation is 1. The Morgan fingerprint density at radius 1 is 1.60 bits per heavy atom. The Morgan fingerprint density at radius 3 is 3.13 bits per heavy atom. The zero-order valence-electron chi connectivity index (χ0n) is 9.37. The third-order valence-corrected chi connectivity index (χ3v) is 4.32. The topological polar surface area (TPSA) is 29.9 Å². The van der Waals surface area contributed by atoms with Crippen LogP contribution in [0.2, 0.25) is 0 Å². The minimum atomic E-state index is 0.576. The second kappa shape index (κ2) is 3.34. The minimum Gasteiger partial charge on any atom is -0.315 e. The summed E-state index contributed by atoms with van der Waals surface area (Å²) in [5.74, 6) is 0.702. The summed E-state index contributed by atoms with van der Waals surface area (Å²) in [5.41, 5.74) is 2.02. The summed E-state index contributed by atoms with van der Waals surface area (Å²) in [4.78, 5) is 0. The van der Waals surface area contributed by atoms with E-state index < -0.39 is 0 Å². The fraction of sp³-hybridized carbons (Fsp3) is 0.750. The molecule has 0 radical (unpaired) electrons. The molecule has 1 spiro atoms. The molecule has 3 nitrogen and oxygen atoms in total. The van der Waals surface area contributed by atoms with Gasteiger partial charge in [-0.1, -0.05) is 6.42 Å². The molecule has 1 saturated carbocycles. The van der Waals surface area contributed by atoms with Gasteiger partial charge in [-0.3, -0.25) is 4.68 Å². The molecule has 2 aliphatic rings. The van der Waals surface area contributed by atoms with Gasteiger partial charge >= 0.3 is 0 Å². The maximum absolute atomic E-state index is 4.39. The van der Waals surface area contributed by atoms with Crippen LogP contribution >= 0.6 is 0 Å². The smallest absolute Gasteiger partial charge is 0.0492 e. The third kappa shape index (κ3) is 1.26. The van der Waals surface area contributed by atoms with E-state index in [4.69, 9.17) is 0 Å². The van der Waals surface area contributed by atoms with Crippen molar-refractivity contribution >= 4 is 0 Å². The Hall–Kier alpha value is -0.830. The average Bonchev–Trinajstić information content (AvgIpc) is 2.81. The lowest BCUT2D eigenvalue weighted by atomic mass is 9.62. The van der Waals surface area contributed by atoms with Crippen LogP contribution in [0.4, 0.5) is 0 Å². The van der Waals surface area contributed by atoms with E-state index in [1.165, 1.54) is 31.5 Å². The molecule has 1 aliphatic heterocycles. The standard InChI is InChI=1S/C12H19N3/c1-2-15-11(4-7-14-15)10-8-13-9-12(10)5-3-6-12/h4,7,10,13H,2-3,5-6,8-9H2,1H3/t10-/m1/s1. The summed E-state index contributed by atoms with van der Waals surface area (Å²) in [6.07, 6.45) is 6.17. The lowest BCUT2D eigenvalue weighted by molar-refractivity contribution is 0.133. The van der Waals surface area contributed by atoms with Crippen LogP contribution in [0, 0.1) is 5.41 Å². The first-order chi connectivity index (χ1) is 7.36. The van der Waals surface area contributed by atoms with Gasteiger partial charge in [0.15, 0.2) is 0 Å². The molecule has 0 amide bonds. The highest BCUT2D eigenvalue weighted by Gasteiger charge is 2.48. The van der Waals surface area contributed by atoms with Gasteiger partial charge in [-0.2, -0.15) is 5.10 Å².